The molecule has 0 saturated carbocycles. The number of halogens is 3. The molecule has 0 radical (unpaired) electrons. The summed E-state index contributed by atoms with van der Waals surface area (Å²) in [5, 5.41) is 1.64. The van der Waals surface area contributed by atoms with E-state index >= 15 is 0 Å². The Hall–Kier alpha value is -2.53. The van der Waals surface area contributed by atoms with Crippen molar-refractivity contribution in [1.29, 1.82) is 0 Å². The third kappa shape index (κ3) is 5.19. The second-order valence-corrected chi connectivity index (χ2v) is 9.61. The summed E-state index contributed by atoms with van der Waals surface area (Å²) in [6.45, 7) is 6.00. The lowest BCUT2D eigenvalue weighted by molar-refractivity contribution is -0.137. The molecule has 0 bridgehead atoms. The Morgan fingerprint density at radius 3 is 2.39 bits per heavy atom. The second-order valence-electron chi connectivity index (χ2n) is 8.33. The number of carbonyl (C=O) groups excluding carboxylic acids is 1. The molecule has 0 N–H and O–H groups in total. The summed E-state index contributed by atoms with van der Waals surface area (Å²) in [4.78, 5) is 17.2. The summed E-state index contributed by atoms with van der Waals surface area (Å²) in [6.07, 6.45) is 2.05. The number of hydrogen-bond acceptors (Lipinski definition) is 4. The summed E-state index contributed by atoms with van der Waals surface area (Å²) < 4.78 is 11.4. The van der Waals surface area contributed by atoms with Crippen LogP contribution >= 0.6 is 34.8 Å². The molecule has 1 aliphatic rings. The average Bonchev–Trinajstić information content (AvgIpc) is 2.73. The number of fused-ring (bicyclic) bond motifs is 1. The van der Waals surface area contributed by atoms with Gasteiger partial charge in [0.25, 0.3) is 0 Å². The van der Waals surface area contributed by atoms with Gasteiger partial charge in [-0.3, -0.25) is 0 Å². The largest absolute Gasteiger partial charge is 0.471 e. The van der Waals surface area contributed by atoms with Gasteiger partial charge in [0, 0.05) is 39.2 Å². The maximum Gasteiger partial charge on any atom is 0.331 e. The molecule has 0 fully saturated rings. The van der Waals surface area contributed by atoms with Gasteiger partial charge in [0.1, 0.15) is 5.60 Å². The molecule has 0 amide bonds. The van der Waals surface area contributed by atoms with Crippen LogP contribution in [0.25, 0.3) is 28.0 Å². The van der Waals surface area contributed by atoms with Crippen molar-refractivity contribution in [2.75, 3.05) is 6.61 Å². The minimum absolute atomic E-state index is 0.303. The second kappa shape index (κ2) is 9.38. The molecule has 170 valence electrons. The highest BCUT2D eigenvalue weighted by Gasteiger charge is 2.33. The Morgan fingerprint density at radius 1 is 1.03 bits per heavy atom. The van der Waals surface area contributed by atoms with Gasteiger partial charge < -0.3 is 9.47 Å². The highest BCUT2D eigenvalue weighted by Crippen LogP contribution is 2.45. The van der Waals surface area contributed by atoms with E-state index in [0.717, 1.165) is 27.8 Å². The molecule has 1 aliphatic heterocycles. The Kier molecular flexibility index (Phi) is 6.71. The van der Waals surface area contributed by atoms with E-state index in [0.29, 0.717) is 39.7 Å². The maximum absolute atomic E-state index is 12.3. The van der Waals surface area contributed by atoms with Crippen LogP contribution in [0.2, 0.25) is 15.1 Å². The van der Waals surface area contributed by atoms with Gasteiger partial charge in [0.2, 0.25) is 5.88 Å². The van der Waals surface area contributed by atoms with E-state index in [2.05, 4.69) is 0 Å². The van der Waals surface area contributed by atoms with Gasteiger partial charge in [-0.25, -0.2) is 9.78 Å². The molecule has 7 heteroatoms. The van der Waals surface area contributed by atoms with E-state index in [1.807, 2.05) is 50.2 Å². The van der Waals surface area contributed by atoms with E-state index in [-0.39, 0.29) is 0 Å². The number of pyridine rings is 1. The Balaban J connectivity index is 1.98. The third-order valence-corrected chi connectivity index (χ3v) is 6.04. The summed E-state index contributed by atoms with van der Waals surface area (Å²) in [7, 11) is 0. The molecule has 33 heavy (non-hydrogen) atoms. The minimum Gasteiger partial charge on any atom is -0.471 e. The molecule has 0 saturated heterocycles. The van der Waals surface area contributed by atoms with Crippen LogP contribution in [0.1, 0.15) is 32.8 Å². The standard InChI is InChI=1S/C26H22Cl3NO3/c1-4-32-23(31)11-16-14-26(2,3)33-25-21(16)13-20(15-5-7-17(27)8-6-15)24(30-25)19-10-9-18(28)12-22(19)29/h5-13H,4,14H2,1-3H3. The Labute approximate surface area is 208 Å². The average molecular weight is 503 g/mol. The molecule has 0 unspecified atom stereocenters. The van der Waals surface area contributed by atoms with E-state index in [1.165, 1.54) is 6.08 Å². The van der Waals surface area contributed by atoms with Crippen LogP contribution in [-0.4, -0.2) is 23.2 Å². The first-order chi connectivity index (χ1) is 15.7. The molecule has 4 nitrogen and oxygen atoms in total. The van der Waals surface area contributed by atoms with Gasteiger partial charge in [0.15, 0.2) is 0 Å². The number of hydrogen-bond donors (Lipinski definition) is 0. The van der Waals surface area contributed by atoms with Gasteiger partial charge in [-0.1, -0.05) is 46.9 Å². The van der Waals surface area contributed by atoms with Crippen LogP contribution in [0.15, 0.2) is 54.6 Å². The first kappa shape index (κ1) is 23.6. The van der Waals surface area contributed by atoms with Crippen molar-refractivity contribution in [3.63, 3.8) is 0 Å². The highest BCUT2D eigenvalue weighted by molar-refractivity contribution is 6.36. The molecular weight excluding hydrogens is 481 g/mol. The maximum atomic E-state index is 12.3. The van der Waals surface area contributed by atoms with Crippen LogP contribution in [0, 0.1) is 0 Å². The lowest BCUT2D eigenvalue weighted by Crippen LogP contribution is -2.33. The first-order valence-electron chi connectivity index (χ1n) is 10.5. The molecule has 0 atom stereocenters. The van der Waals surface area contributed by atoms with E-state index in [1.54, 1.807) is 19.1 Å². The van der Waals surface area contributed by atoms with E-state index in [4.69, 9.17) is 49.3 Å². The van der Waals surface area contributed by atoms with Crippen molar-refractivity contribution in [2.24, 2.45) is 0 Å². The molecular formula is C26H22Cl3NO3. The third-order valence-electron chi connectivity index (χ3n) is 5.24. The Morgan fingerprint density at radius 2 is 1.73 bits per heavy atom. The molecule has 4 rings (SSSR count). The Bertz CT molecular complexity index is 1250. The van der Waals surface area contributed by atoms with Gasteiger partial charge in [-0.15, -0.1) is 0 Å². The smallest absolute Gasteiger partial charge is 0.331 e. The molecule has 2 aromatic carbocycles. The summed E-state index contributed by atoms with van der Waals surface area (Å²) in [5.41, 5.74) is 4.07. The highest BCUT2D eigenvalue weighted by atomic mass is 35.5. The zero-order valence-corrected chi connectivity index (χ0v) is 20.7. The predicted molar refractivity (Wildman–Crippen MR) is 134 cm³/mol. The number of esters is 1. The predicted octanol–water partition coefficient (Wildman–Crippen LogP) is 7.88. The topological polar surface area (TPSA) is 48.4 Å². The number of ether oxygens (including phenoxy) is 2. The van der Waals surface area contributed by atoms with Gasteiger partial charge in [-0.05, 0) is 68.3 Å². The first-order valence-corrected chi connectivity index (χ1v) is 11.6. The van der Waals surface area contributed by atoms with Gasteiger partial charge in [0.05, 0.1) is 17.3 Å². The van der Waals surface area contributed by atoms with Crippen molar-refractivity contribution in [3.8, 4) is 28.3 Å². The summed E-state index contributed by atoms with van der Waals surface area (Å²) in [5.74, 6) is 0.0366. The van der Waals surface area contributed by atoms with Crippen LogP contribution < -0.4 is 4.74 Å². The number of rotatable bonds is 4. The summed E-state index contributed by atoms with van der Waals surface area (Å²) >= 11 is 18.8. The fourth-order valence-electron chi connectivity index (χ4n) is 3.85. The molecule has 0 spiro atoms. The molecule has 0 aliphatic carbocycles. The molecule has 1 aromatic heterocycles. The minimum atomic E-state index is -0.554. The SMILES string of the molecule is CCOC(=O)C=C1CC(C)(C)Oc2nc(-c3ccc(Cl)cc3Cl)c(-c3ccc(Cl)cc3)cc21. The van der Waals surface area contributed by atoms with Crippen molar-refractivity contribution >= 4 is 46.3 Å². The molecule has 3 aromatic rings. The van der Waals surface area contributed by atoms with Gasteiger partial charge in [-0.2, -0.15) is 0 Å². The van der Waals surface area contributed by atoms with Crippen LogP contribution in [0.3, 0.4) is 0 Å². The van der Waals surface area contributed by atoms with E-state index in [9.17, 15) is 4.79 Å². The number of carbonyl (C=O) groups is 1. The lowest BCUT2D eigenvalue weighted by Gasteiger charge is -2.34. The van der Waals surface area contributed by atoms with Crippen molar-refractivity contribution in [3.05, 3.63) is 75.2 Å². The molecule has 2 heterocycles. The normalized spacial score (nSPS) is 15.6. The van der Waals surface area contributed by atoms with Crippen molar-refractivity contribution in [1.82, 2.24) is 4.98 Å². The lowest BCUT2D eigenvalue weighted by atomic mass is 9.88. The zero-order valence-electron chi connectivity index (χ0n) is 18.4. The zero-order chi connectivity index (χ0) is 23.8. The number of benzene rings is 2. The van der Waals surface area contributed by atoms with Crippen LogP contribution in [0.5, 0.6) is 5.88 Å². The van der Waals surface area contributed by atoms with Crippen molar-refractivity contribution < 1.29 is 14.3 Å². The van der Waals surface area contributed by atoms with E-state index < -0.39 is 11.6 Å². The number of aromatic nitrogens is 1. The quantitative estimate of drug-likeness (QED) is 0.269. The number of nitrogens with zero attached hydrogens (tertiary/aromatic N) is 1. The van der Waals surface area contributed by atoms with Gasteiger partial charge >= 0.3 is 5.97 Å². The fraction of sp³-hybridized carbons (Fsp3) is 0.231. The monoisotopic (exact) mass is 501 g/mol. The van der Waals surface area contributed by atoms with Crippen molar-refractivity contribution in [2.45, 2.75) is 32.8 Å². The summed E-state index contributed by atoms with van der Waals surface area (Å²) in [6, 6.07) is 14.7. The van der Waals surface area contributed by atoms with Crippen LogP contribution in [-0.2, 0) is 9.53 Å². The fourth-order valence-corrected chi connectivity index (χ4v) is 4.47. The van der Waals surface area contributed by atoms with Crippen LogP contribution in [0.4, 0.5) is 0 Å².